The van der Waals surface area contributed by atoms with Crippen LogP contribution < -0.4 is 0 Å². The van der Waals surface area contributed by atoms with Crippen LogP contribution in [0.4, 0.5) is 0 Å². The highest BCUT2D eigenvalue weighted by Gasteiger charge is 2.54. The monoisotopic (exact) mass is 408 g/mol. The second-order valence-electron chi connectivity index (χ2n) is 7.09. The summed E-state index contributed by atoms with van der Waals surface area (Å²) >= 11 is 5.26. The fourth-order valence-electron chi connectivity index (χ4n) is 3.80. The first kappa shape index (κ1) is 16.5. The molecule has 2 aliphatic heterocycles. The van der Waals surface area contributed by atoms with E-state index in [1.54, 1.807) is 11.8 Å². The third kappa shape index (κ3) is 2.88. The lowest BCUT2D eigenvalue weighted by Gasteiger charge is -2.33. The molecule has 4 nitrogen and oxygen atoms in total. The number of halogens is 1. The number of hydrogen-bond donors (Lipinski definition) is 0. The van der Waals surface area contributed by atoms with Crippen molar-refractivity contribution < 1.29 is 9.59 Å². The van der Waals surface area contributed by atoms with Crippen molar-refractivity contribution in [2.24, 2.45) is 0 Å². The van der Waals surface area contributed by atoms with E-state index < -0.39 is 0 Å². The number of fused-ring (bicyclic) bond motifs is 1. The van der Waals surface area contributed by atoms with Gasteiger partial charge >= 0.3 is 0 Å². The molecule has 1 aromatic rings. The number of nitrogens with zero attached hydrogens (tertiary/aromatic N) is 2. The van der Waals surface area contributed by atoms with Crippen LogP contribution in [0.5, 0.6) is 0 Å². The summed E-state index contributed by atoms with van der Waals surface area (Å²) < 4.78 is 1.03. The van der Waals surface area contributed by atoms with Gasteiger partial charge in [0.2, 0.25) is 11.8 Å². The molecule has 2 heterocycles. The standard InChI is InChI=1S/C18H21BrN2O2S/c1-18-8-7-16(22)21(18)15(11-24-18)17(23)20(14-5-6-14)10-12-3-2-4-13(19)9-12/h2-4,9,14-15H,5-8,10-11H2,1H3. The zero-order valence-electron chi connectivity index (χ0n) is 13.7. The molecule has 3 aliphatic rings. The zero-order valence-corrected chi connectivity index (χ0v) is 16.1. The van der Waals surface area contributed by atoms with Gasteiger partial charge in [0.25, 0.3) is 0 Å². The summed E-state index contributed by atoms with van der Waals surface area (Å²) in [4.78, 5) is 29.3. The predicted octanol–water partition coefficient (Wildman–Crippen LogP) is 3.39. The van der Waals surface area contributed by atoms with Crippen LogP contribution in [0.15, 0.2) is 28.7 Å². The summed E-state index contributed by atoms with van der Waals surface area (Å²) in [5.41, 5.74) is 1.13. The summed E-state index contributed by atoms with van der Waals surface area (Å²) in [5.74, 6) is 0.992. The third-order valence-corrected chi connectivity index (χ3v) is 7.24. The van der Waals surface area contributed by atoms with Gasteiger partial charge < -0.3 is 9.80 Å². The smallest absolute Gasteiger partial charge is 0.246 e. The van der Waals surface area contributed by atoms with Gasteiger partial charge in [0.05, 0.1) is 4.87 Å². The lowest BCUT2D eigenvalue weighted by molar-refractivity contribution is -0.144. The molecule has 1 aliphatic carbocycles. The Balaban J connectivity index is 1.56. The predicted molar refractivity (Wildman–Crippen MR) is 98.4 cm³/mol. The molecule has 1 aromatic carbocycles. The zero-order chi connectivity index (χ0) is 16.9. The summed E-state index contributed by atoms with van der Waals surface area (Å²) in [6, 6.07) is 8.17. The molecule has 4 rings (SSSR count). The first-order valence-electron chi connectivity index (χ1n) is 8.49. The maximum Gasteiger partial charge on any atom is 0.246 e. The Kier molecular flexibility index (Phi) is 4.15. The van der Waals surface area contributed by atoms with Crippen LogP contribution in [0, 0.1) is 0 Å². The van der Waals surface area contributed by atoms with Crippen LogP contribution >= 0.6 is 27.7 Å². The summed E-state index contributed by atoms with van der Waals surface area (Å²) in [6.07, 6.45) is 3.58. The van der Waals surface area contributed by atoms with Crippen molar-refractivity contribution in [3.63, 3.8) is 0 Å². The van der Waals surface area contributed by atoms with Gasteiger partial charge in [-0.15, -0.1) is 11.8 Å². The van der Waals surface area contributed by atoms with E-state index in [-0.39, 0.29) is 22.7 Å². The second-order valence-corrected chi connectivity index (χ2v) is 9.51. The molecule has 0 spiro atoms. The first-order valence-corrected chi connectivity index (χ1v) is 10.3. The van der Waals surface area contributed by atoms with Crippen molar-refractivity contribution in [1.29, 1.82) is 0 Å². The van der Waals surface area contributed by atoms with Gasteiger partial charge in [0, 0.05) is 29.2 Å². The second kappa shape index (κ2) is 6.06. The fraction of sp³-hybridized carbons (Fsp3) is 0.556. The molecular formula is C18H21BrN2O2S. The Labute approximate surface area is 155 Å². The van der Waals surface area contributed by atoms with Crippen molar-refractivity contribution in [1.82, 2.24) is 9.80 Å². The number of benzene rings is 1. The minimum atomic E-state index is -0.289. The summed E-state index contributed by atoms with van der Waals surface area (Å²) in [6.45, 7) is 2.73. The van der Waals surface area contributed by atoms with E-state index >= 15 is 0 Å². The first-order chi connectivity index (χ1) is 11.5. The highest BCUT2D eigenvalue weighted by molar-refractivity contribution is 9.10. The number of thioether (sulfide) groups is 1. The molecular weight excluding hydrogens is 388 g/mol. The fourth-order valence-corrected chi connectivity index (χ4v) is 5.67. The number of carbonyl (C=O) groups excluding carboxylic acids is 2. The van der Waals surface area contributed by atoms with Gasteiger partial charge in [-0.1, -0.05) is 28.1 Å². The van der Waals surface area contributed by atoms with E-state index in [1.807, 2.05) is 21.9 Å². The number of hydrogen-bond acceptors (Lipinski definition) is 3. The molecule has 2 atom stereocenters. The lowest BCUT2D eigenvalue weighted by Crippen LogP contribution is -2.51. The van der Waals surface area contributed by atoms with Crippen LogP contribution in [0.3, 0.4) is 0 Å². The molecule has 0 radical (unpaired) electrons. The molecule has 3 fully saturated rings. The average molecular weight is 409 g/mol. The Morgan fingerprint density at radius 2 is 2.25 bits per heavy atom. The number of rotatable bonds is 4. The third-order valence-electron chi connectivity index (χ3n) is 5.24. The Hall–Kier alpha value is -1.01. The highest BCUT2D eigenvalue weighted by atomic mass is 79.9. The van der Waals surface area contributed by atoms with Crippen molar-refractivity contribution in [3.8, 4) is 0 Å². The van der Waals surface area contributed by atoms with Crippen molar-refractivity contribution in [2.75, 3.05) is 5.75 Å². The summed E-state index contributed by atoms with van der Waals surface area (Å²) in [5, 5.41) is 0. The van der Waals surface area contributed by atoms with Crippen molar-refractivity contribution in [3.05, 3.63) is 34.3 Å². The van der Waals surface area contributed by atoms with E-state index in [4.69, 9.17) is 0 Å². The topological polar surface area (TPSA) is 40.6 Å². The van der Waals surface area contributed by atoms with Crippen LogP contribution in [-0.4, -0.2) is 44.3 Å². The number of amides is 2. The lowest BCUT2D eigenvalue weighted by atomic mass is 10.1. The van der Waals surface area contributed by atoms with Crippen LogP contribution in [0.2, 0.25) is 0 Å². The molecule has 2 unspecified atom stereocenters. The van der Waals surface area contributed by atoms with Crippen LogP contribution in [0.1, 0.15) is 38.2 Å². The van der Waals surface area contributed by atoms with Crippen LogP contribution in [-0.2, 0) is 16.1 Å². The largest absolute Gasteiger partial charge is 0.334 e. The van der Waals surface area contributed by atoms with Gasteiger partial charge in [-0.3, -0.25) is 9.59 Å². The number of carbonyl (C=O) groups is 2. The Morgan fingerprint density at radius 3 is 2.96 bits per heavy atom. The van der Waals surface area contributed by atoms with E-state index in [0.29, 0.717) is 19.0 Å². The Bertz CT molecular complexity index is 693. The molecule has 2 saturated heterocycles. The maximum atomic E-state index is 13.3. The van der Waals surface area contributed by atoms with Gasteiger partial charge in [0.1, 0.15) is 6.04 Å². The summed E-state index contributed by atoms with van der Waals surface area (Å²) in [7, 11) is 0. The maximum absolute atomic E-state index is 13.3. The molecule has 0 bridgehead atoms. The van der Waals surface area contributed by atoms with Gasteiger partial charge in [-0.25, -0.2) is 0 Å². The average Bonchev–Trinajstić information content (AvgIpc) is 3.26. The normalized spacial score (nSPS) is 29.0. The quantitative estimate of drug-likeness (QED) is 0.766. The molecule has 24 heavy (non-hydrogen) atoms. The van der Waals surface area contributed by atoms with E-state index in [9.17, 15) is 9.59 Å². The minimum Gasteiger partial charge on any atom is -0.334 e. The van der Waals surface area contributed by atoms with Gasteiger partial charge in [-0.05, 0) is 43.9 Å². The van der Waals surface area contributed by atoms with Crippen molar-refractivity contribution in [2.45, 2.75) is 56.1 Å². The minimum absolute atomic E-state index is 0.129. The van der Waals surface area contributed by atoms with Gasteiger partial charge in [0.15, 0.2) is 0 Å². The van der Waals surface area contributed by atoms with E-state index in [2.05, 4.69) is 35.0 Å². The molecule has 2 amide bonds. The molecule has 6 heteroatoms. The highest BCUT2D eigenvalue weighted by Crippen LogP contribution is 2.48. The molecule has 0 N–H and O–H groups in total. The van der Waals surface area contributed by atoms with Gasteiger partial charge in [-0.2, -0.15) is 0 Å². The molecule has 1 saturated carbocycles. The van der Waals surface area contributed by atoms with Crippen molar-refractivity contribution >= 4 is 39.5 Å². The SMILES string of the molecule is CC12CCC(=O)N1C(C(=O)N(Cc1cccc(Br)c1)C1CC1)CS2. The van der Waals surface area contributed by atoms with Crippen LogP contribution in [0.25, 0.3) is 0 Å². The van der Waals surface area contributed by atoms with E-state index in [1.165, 1.54) is 0 Å². The Morgan fingerprint density at radius 1 is 1.46 bits per heavy atom. The molecule has 0 aromatic heterocycles. The van der Waals surface area contributed by atoms with E-state index in [0.717, 1.165) is 35.1 Å². The molecule has 128 valence electrons.